The van der Waals surface area contributed by atoms with E-state index in [0.717, 1.165) is 12.8 Å². The Kier molecular flexibility index (Phi) is 3.26. The molecule has 0 amide bonds. The molecule has 2 N–H and O–H groups in total. The Balaban J connectivity index is 2.48. The SMILES string of the molecule is CC(C)(C)C(N)CC1CCS(=O)(=O)C1. The fourth-order valence-corrected chi connectivity index (χ4v) is 3.65. The molecule has 1 saturated heterocycles. The Morgan fingerprint density at radius 1 is 1.43 bits per heavy atom. The van der Waals surface area contributed by atoms with Crippen molar-refractivity contribution in [2.75, 3.05) is 11.5 Å². The quantitative estimate of drug-likeness (QED) is 0.758. The number of nitrogens with two attached hydrogens (primary N) is 1. The summed E-state index contributed by atoms with van der Waals surface area (Å²) >= 11 is 0. The maximum absolute atomic E-state index is 11.2. The molecule has 14 heavy (non-hydrogen) atoms. The number of rotatable bonds is 2. The lowest BCUT2D eigenvalue weighted by atomic mass is 9.82. The fraction of sp³-hybridized carbons (Fsp3) is 1.00. The second kappa shape index (κ2) is 3.81. The van der Waals surface area contributed by atoms with E-state index in [4.69, 9.17) is 5.73 Å². The van der Waals surface area contributed by atoms with Crippen molar-refractivity contribution >= 4 is 9.84 Å². The van der Waals surface area contributed by atoms with E-state index in [-0.39, 0.29) is 17.4 Å². The molecule has 0 aromatic heterocycles. The minimum absolute atomic E-state index is 0.0757. The molecule has 1 aliphatic rings. The van der Waals surface area contributed by atoms with Crippen molar-refractivity contribution in [2.24, 2.45) is 17.1 Å². The molecule has 1 aliphatic heterocycles. The average Bonchev–Trinajstić information content (AvgIpc) is 2.28. The molecule has 0 aromatic carbocycles. The van der Waals surface area contributed by atoms with Gasteiger partial charge in [0, 0.05) is 6.04 Å². The zero-order valence-electron chi connectivity index (χ0n) is 9.29. The molecule has 0 aliphatic carbocycles. The van der Waals surface area contributed by atoms with Crippen LogP contribution in [0.2, 0.25) is 0 Å². The van der Waals surface area contributed by atoms with E-state index in [1.807, 2.05) is 0 Å². The lowest BCUT2D eigenvalue weighted by Crippen LogP contribution is -2.37. The van der Waals surface area contributed by atoms with E-state index in [1.54, 1.807) is 0 Å². The molecule has 1 rings (SSSR count). The number of hydrogen-bond acceptors (Lipinski definition) is 3. The summed E-state index contributed by atoms with van der Waals surface area (Å²) in [6.45, 7) is 6.29. The van der Waals surface area contributed by atoms with Gasteiger partial charge in [0.2, 0.25) is 0 Å². The zero-order chi connectivity index (χ0) is 11.0. The van der Waals surface area contributed by atoms with Gasteiger partial charge in [-0.05, 0) is 24.2 Å². The van der Waals surface area contributed by atoms with Crippen LogP contribution in [0.3, 0.4) is 0 Å². The molecule has 0 radical (unpaired) electrons. The first-order chi connectivity index (χ1) is 6.21. The third-order valence-corrected chi connectivity index (χ3v) is 4.86. The molecule has 84 valence electrons. The van der Waals surface area contributed by atoms with Crippen LogP contribution in [0.4, 0.5) is 0 Å². The molecule has 2 atom stereocenters. The highest BCUT2D eigenvalue weighted by atomic mass is 32.2. The maximum Gasteiger partial charge on any atom is 0.150 e. The van der Waals surface area contributed by atoms with Crippen LogP contribution in [0.1, 0.15) is 33.6 Å². The first kappa shape index (κ1) is 12.0. The number of hydrogen-bond donors (Lipinski definition) is 1. The van der Waals surface area contributed by atoms with Crippen LogP contribution < -0.4 is 5.73 Å². The van der Waals surface area contributed by atoms with Gasteiger partial charge in [0.1, 0.15) is 0 Å². The van der Waals surface area contributed by atoms with Crippen molar-refractivity contribution in [1.82, 2.24) is 0 Å². The lowest BCUT2D eigenvalue weighted by Gasteiger charge is -2.28. The molecule has 0 bridgehead atoms. The summed E-state index contributed by atoms with van der Waals surface area (Å²) in [5, 5.41) is 0. The predicted molar refractivity (Wildman–Crippen MR) is 58.8 cm³/mol. The standard InChI is InChI=1S/C10H21NO2S/c1-10(2,3)9(11)6-8-4-5-14(12,13)7-8/h8-9H,4-7,11H2,1-3H3. The molecule has 1 heterocycles. The smallest absolute Gasteiger partial charge is 0.150 e. The van der Waals surface area contributed by atoms with Gasteiger partial charge in [0.25, 0.3) is 0 Å². The van der Waals surface area contributed by atoms with Gasteiger partial charge in [0.05, 0.1) is 11.5 Å². The van der Waals surface area contributed by atoms with Crippen LogP contribution in [-0.2, 0) is 9.84 Å². The first-order valence-electron chi connectivity index (χ1n) is 5.17. The Morgan fingerprint density at radius 3 is 2.36 bits per heavy atom. The Morgan fingerprint density at radius 2 is 2.00 bits per heavy atom. The van der Waals surface area contributed by atoms with Crippen molar-refractivity contribution in [3.8, 4) is 0 Å². The highest BCUT2D eigenvalue weighted by Gasteiger charge is 2.31. The van der Waals surface area contributed by atoms with Crippen molar-refractivity contribution in [3.63, 3.8) is 0 Å². The zero-order valence-corrected chi connectivity index (χ0v) is 10.1. The second-order valence-electron chi connectivity index (χ2n) is 5.48. The Hall–Kier alpha value is -0.0900. The van der Waals surface area contributed by atoms with Crippen LogP contribution in [0.15, 0.2) is 0 Å². The molecule has 4 heteroatoms. The molecular weight excluding hydrogens is 198 g/mol. The summed E-state index contributed by atoms with van der Waals surface area (Å²) < 4.78 is 22.5. The van der Waals surface area contributed by atoms with E-state index in [2.05, 4.69) is 20.8 Å². The summed E-state index contributed by atoms with van der Waals surface area (Å²) in [6.07, 6.45) is 1.63. The van der Waals surface area contributed by atoms with Crippen LogP contribution >= 0.6 is 0 Å². The average molecular weight is 219 g/mol. The minimum Gasteiger partial charge on any atom is -0.327 e. The first-order valence-corrected chi connectivity index (χ1v) is 6.99. The third kappa shape index (κ3) is 3.24. The van der Waals surface area contributed by atoms with E-state index in [0.29, 0.717) is 11.5 Å². The van der Waals surface area contributed by atoms with Gasteiger partial charge in [-0.3, -0.25) is 0 Å². The van der Waals surface area contributed by atoms with Crippen LogP contribution in [-0.4, -0.2) is 26.0 Å². The van der Waals surface area contributed by atoms with E-state index >= 15 is 0 Å². The topological polar surface area (TPSA) is 60.2 Å². The van der Waals surface area contributed by atoms with E-state index in [9.17, 15) is 8.42 Å². The largest absolute Gasteiger partial charge is 0.327 e. The lowest BCUT2D eigenvalue weighted by molar-refractivity contribution is 0.277. The molecule has 2 unspecified atom stereocenters. The number of sulfone groups is 1. The molecule has 0 saturated carbocycles. The third-order valence-electron chi connectivity index (χ3n) is 3.03. The van der Waals surface area contributed by atoms with Gasteiger partial charge in [-0.25, -0.2) is 8.42 Å². The van der Waals surface area contributed by atoms with Crippen LogP contribution in [0.5, 0.6) is 0 Å². The predicted octanol–water partition coefficient (Wildman–Crippen LogP) is 1.18. The summed E-state index contributed by atoms with van der Waals surface area (Å²) in [5.74, 6) is 0.986. The fourth-order valence-electron chi connectivity index (χ4n) is 1.77. The molecule has 0 spiro atoms. The second-order valence-corrected chi connectivity index (χ2v) is 7.71. The van der Waals surface area contributed by atoms with Crippen molar-refractivity contribution < 1.29 is 8.42 Å². The van der Waals surface area contributed by atoms with Crippen LogP contribution in [0, 0.1) is 11.3 Å². The Labute approximate surface area is 87.0 Å². The van der Waals surface area contributed by atoms with E-state index in [1.165, 1.54) is 0 Å². The summed E-state index contributed by atoms with van der Waals surface area (Å²) in [7, 11) is -2.74. The van der Waals surface area contributed by atoms with E-state index < -0.39 is 9.84 Å². The summed E-state index contributed by atoms with van der Waals surface area (Å²) in [4.78, 5) is 0. The van der Waals surface area contributed by atoms with Gasteiger partial charge in [-0.2, -0.15) is 0 Å². The summed E-state index contributed by atoms with van der Waals surface area (Å²) in [6, 6.07) is 0.0980. The van der Waals surface area contributed by atoms with Gasteiger partial charge in [-0.15, -0.1) is 0 Å². The van der Waals surface area contributed by atoms with Gasteiger partial charge in [-0.1, -0.05) is 20.8 Å². The van der Waals surface area contributed by atoms with Gasteiger partial charge in [0.15, 0.2) is 9.84 Å². The van der Waals surface area contributed by atoms with Gasteiger partial charge >= 0.3 is 0 Å². The molecular formula is C10H21NO2S. The normalized spacial score (nSPS) is 29.0. The maximum atomic E-state index is 11.2. The molecule has 0 aromatic rings. The van der Waals surface area contributed by atoms with Crippen molar-refractivity contribution in [2.45, 2.75) is 39.7 Å². The summed E-state index contributed by atoms with van der Waals surface area (Å²) in [5.41, 5.74) is 6.10. The highest BCUT2D eigenvalue weighted by Crippen LogP contribution is 2.28. The highest BCUT2D eigenvalue weighted by molar-refractivity contribution is 7.91. The van der Waals surface area contributed by atoms with Crippen molar-refractivity contribution in [1.29, 1.82) is 0 Å². The van der Waals surface area contributed by atoms with Crippen molar-refractivity contribution in [3.05, 3.63) is 0 Å². The van der Waals surface area contributed by atoms with Crippen LogP contribution in [0.25, 0.3) is 0 Å². The minimum atomic E-state index is -2.74. The monoisotopic (exact) mass is 219 g/mol. The van der Waals surface area contributed by atoms with Gasteiger partial charge < -0.3 is 5.73 Å². The molecule has 3 nitrogen and oxygen atoms in total. The molecule has 1 fully saturated rings. The Bertz CT molecular complexity index is 290.